The molecule has 1 aromatic heterocycles. The van der Waals surface area contributed by atoms with Crippen molar-refractivity contribution in [1.29, 1.82) is 0 Å². The van der Waals surface area contributed by atoms with Crippen LogP contribution in [0.5, 0.6) is 5.75 Å². The first-order valence-corrected chi connectivity index (χ1v) is 4.22. The summed E-state index contributed by atoms with van der Waals surface area (Å²) in [5.41, 5.74) is 1.07. The smallest absolute Gasteiger partial charge is 0.132 e. The predicted molar refractivity (Wildman–Crippen MR) is 46.4 cm³/mol. The summed E-state index contributed by atoms with van der Waals surface area (Å²) in [6.07, 6.45) is 1.75. The lowest BCUT2D eigenvalue weighted by Crippen LogP contribution is -2.16. The van der Waals surface area contributed by atoms with Crippen molar-refractivity contribution < 1.29 is 4.74 Å². The van der Waals surface area contributed by atoms with Crippen molar-refractivity contribution in [2.45, 2.75) is 6.54 Å². The van der Waals surface area contributed by atoms with Gasteiger partial charge in [0.15, 0.2) is 0 Å². The summed E-state index contributed by atoms with van der Waals surface area (Å²) in [5.74, 6) is 0.847. The van der Waals surface area contributed by atoms with E-state index in [4.69, 9.17) is 16.3 Å². The maximum absolute atomic E-state index is 5.72. The van der Waals surface area contributed by atoms with E-state index in [1.54, 1.807) is 12.3 Å². The van der Waals surface area contributed by atoms with Gasteiger partial charge in [0.05, 0.1) is 0 Å². The molecular weight excluding hydrogens is 176 g/mol. The second kappa shape index (κ2) is 3.29. The van der Waals surface area contributed by atoms with E-state index in [0.717, 1.165) is 24.4 Å². The van der Waals surface area contributed by atoms with Crippen molar-refractivity contribution in [3.05, 3.63) is 23.0 Å². The maximum atomic E-state index is 5.72. The van der Waals surface area contributed by atoms with E-state index in [0.29, 0.717) is 11.8 Å². The average molecular weight is 185 g/mol. The topological polar surface area (TPSA) is 34.2 Å². The number of nitrogens with zero attached hydrogens (tertiary/aromatic N) is 1. The third kappa shape index (κ3) is 1.52. The van der Waals surface area contributed by atoms with Gasteiger partial charge < -0.3 is 10.1 Å². The number of nitrogens with one attached hydrogen (secondary N) is 1. The molecular formula is C8H9ClN2O. The molecule has 0 saturated carbocycles. The lowest BCUT2D eigenvalue weighted by Gasteiger charge is -2.04. The standard InChI is InChI=1S/C8H9ClN2O/c9-8-3-7-6(5-11-8)4-10-1-2-12-7/h3,5,10H,1-2,4H2. The van der Waals surface area contributed by atoms with E-state index in [9.17, 15) is 0 Å². The Hall–Kier alpha value is -0.800. The Balaban J connectivity index is 2.36. The molecule has 2 rings (SSSR count). The quantitative estimate of drug-likeness (QED) is 0.616. The van der Waals surface area contributed by atoms with Crippen LogP contribution in [0.15, 0.2) is 12.3 Å². The molecule has 1 aliphatic rings. The van der Waals surface area contributed by atoms with E-state index in [1.807, 2.05) is 0 Å². The molecule has 0 bridgehead atoms. The molecule has 0 atom stereocenters. The zero-order valence-corrected chi connectivity index (χ0v) is 7.27. The summed E-state index contributed by atoms with van der Waals surface area (Å²) in [6, 6.07) is 1.75. The van der Waals surface area contributed by atoms with Gasteiger partial charge in [0, 0.05) is 30.9 Å². The second-order valence-corrected chi connectivity index (χ2v) is 3.03. The van der Waals surface area contributed by atoms with Crippen LogP contribution >= 0.6 is 11.6 Å². The minimum Gasteiger partial charge on any atom is -0.492 e. The van der Waals surface area contributed by atoms with Crippen LogP contribution in [0.25, 0.3) is 0 Å². The van der Waals surface area contributed by atoms with E-state index >= 15 is 0 Å². The molecule has 12 heavy (non-hydrogen) atoms. The van der Waals surface area contributed by atoms with Crippen LogP contribution in [0.4, 0.5) is 0 Å². The number of halogens is 1. The summed E-state index contributed by atoms with van der Waals surface area (Å²) in [6.45, 7) is 2.36. The molecule has 0 aliphatic carbocycles. The average Bonchev–Trinajstić information content (AvgIpc) is 2.28. The summed E-state index contributed by atoms with van der Waals surface area (Å²) < 4.78 is 5.44. The van der Waals surface area contributed by atoms with Gasteiger partial charge in [0.2, 0.25) is 0 Å². The van der Waals surface area contributed by atoms with Gasteiger partial charge in [-0.15, -0.1) is 0 Å². The van der Waals surface area contributed by atoms with Gasteiger partial charge in [0.25, 0.3) is 0 Å². The molecule has 1 aromatic rings. The van der Waals surface area contributed by atoms with Crippen LogP contribution in [0.2, 0.25) is 5.15 Å². The fourth-order valence-corrected chi connectivity index (χ4v) is 1.31. The highest BCUT2D eigenvalue weighted by Crippen LogP contribution is 2.21. The largest absolute Gasteiger partial charge is 0.492 e. The van der Waals surface area contributed by atoms with Crippen LogP contribution in [0.1, 0.15) is 5.56 Å². The Bertz CT molecular complexity index is 290. The number of hydrogen-bond donors (Lipinski definition) is 1. The fraction of sp³-hybridized carbons (Fsp3) is 0.375. The molecule has 0 fully saturated rings. The monoisotopic (exact) mass is 184 g/mol. The minimum absolute atomic E-state index is 0.482. The molecule has 0 aromatic carbocycles. The highest BCUT2D eigenvalue weighted by atomic mass is 35.5. The zero-order chi connectivity index (χ0) is 8.39. The predicted octanol–water partition coefficient (Wildman–Crippen LogP) is 1.22. The maximum Gasteiger partial charge on any atom is 0.132 e. The van der Waals surface area contributed by atoms with Gasteiger partial charge in [0.1, 0.15) is 17.5 Å². The molecule has 0 saturated heterocycles. The minimum atomic E-state index is 0.482. The Morgan fingerprint density at radius 3 is 3.42 bits per heavy atom. The molecule has 1 aliphatic heterocycles. The first-order chi connectivity index (χ1) is 5.86. The Morgan fingerprint density at radius 2 is 2.50 bits per heavy atom. The van der Waals surface area contributed by atoms with Crippen molar-refractivity contribution in [3.63, 3.8) is 0 Å². The Morgan fingerprint density at radius 1 is 1.58 bits per heavy atom. The molecule has 0 spiro atoms. The van der Waals surface area contributed by atoms with Crippen LogP contribution in [-0.2, 0) is 6.54 Å². The SMILES string of the molecule is Clc1cc2c(cn1)CNCCO2. The molecule has 64 valence electrons. The molecule has 3 nitrogen and oxygen atoms in total. The zero-order valence-electron chi connectivity index (χ0n) is 6.51. The third-order valence-electron chi connectivity index (χ3n) is 1.76. The third-order valence-corrected chi connectivity index (χ3v) is 1.97. The second-order valence-electron chi connectivity index (χ2n) is 2.64. The summed E-state index contributed by atoms with van der Waals surface area (Å²) >= 11 is 5.72. The molecule has 0 radical (unpaired) electrons. The number of hydrogen-bond acceptors (Lipinski definition) is 3. The number of fused-ring (bicyclic) bond motifs is 1. The lowest BCUT2D eigenvalue weighted by molar-refractivity contribution is 0.325. The van der Waals surface area contributed by atoms with E-state index in [1.165, 1.54) is 0 Å². The van der Waals surface area contributed by atoms with Gasteiger partial charge in [-0.25, -0.2) is 4.98 Å². The summed E-state index contributed by atoms with van der Waals surface area (Å²) in [7, 11) is 0. The van der Waals surface area contributed by atoms with Gasteiger partial charge in [-0.05, 0) is 0 Å². The van der Waals surface area contributed by atoms with Crippen molar-refractivity contribution in [1.82, 2.24) is 10.3 Å². The number of pyridine rings is 1. The highest BCUT2D eigenvalue weighted by Gasteiger charge is 2.08. The Kier molecular flexibility index (Phi) is 2.15. The Labute approximate surface area is 75.7 Å². The lowest BCUT2D eigenvalue weighted by atomic mass is 10.2. The van der Waals surface area contributed by atoms with E-state index < -0.39 is 0 Å². The first kappa shape index (κ1) is 7.83. The van der Waals surface area contributed by atoms with Crippen molar-refractivity contribution in [3.8, 4) is 5.75 Å². The van der Waals surface area contributed by atoms with Gasteiger partial charge >= 0.3 is 0 Å². The van der Waals surface area contributed by atoms with Crippen LogP contribution in [-0.4, -0.2) is 18.1 Å². The van der Waals surface area contributed by atoms with Crippen molar-refractivity contribution in [2.24, 2.45) is 0 Å². The molecule has 0 amide bonds. The molecule has 0 unspecified atom stereocenters. The van der Waals surface area contributed by atoms with Crippen molar-refractivity contribution in [2.75, 3.05) is 13.2 Å². The van der Waals surface area contributed by atoms with Crippen LogP contribution in [0.3, 0.4) is 0 Å². The summed E-state index contributed by atoms with van der Waals surface area (Å²) in [5, 5.41) is 3.70. The number of aromatic nitrogens is 1. The number of rotatable bonds is 0. The highest BCUT2D eigenvalue weighted by molar-refractivity contribution is 6.29. The fourth-order valence-electron chi connectivity index (χ4n) is 1.16. The normalized spacial score (nSPS) is 16.1. The van der Waals surface area contributed by atoms with Gasteiger partial charge in [-0.3, -0.25) is 0 Å². The number of ether oxygens (including phenoxy) is 1. The van der Waals surface area contributed by atoms with Crippen LogP contribution < -0.4 is 10.1 Å². The van der Waals surface area contributed by atoms with E-state index in [-0.39, 0.29) is 0 Å². The molecule has 2 heterocycles. The molecule has 1 N–H and O–H groups in total. The van der Waals surface area contributed by atoms with Crippen molar-refractivity contribution >= 4 is 11.6 Å². The van der Waals surface area contributed by atoms with Gasteiger partial charge in [-0.1, -0.05) is 11.6 Å². The molecule has 4 heteroatoms. The van der Waals surface area contributed by atoms with Gasteiger partial charge in [-0.2, -0.15) is 0 Å². The van der Waals surface area contributed by atoms with Crippen LogP contribution in [0, 0.1) is 0 Å². The first-order valence-electron chi connectivity index (χ1n) is 3.84. The van der Waals surface area contributed by atoms with E-state index in [2.05, 4.69) is 10.3 Å². The summed E-state index contributed by atoms with van der Waals surface area (Å²) in [4.78, 5) is 3.98.